The topological polar surface area (TPSA) is 55.1 Å². The Morgan fingerprint density at radius 2 is 2.32 bits per heavy atom. The van der Waals surface area contributed by atoms with Gasteiger partial charge in [-0.15, -0.1) is 0 Å². The van der Waals surface area contributed by atoms with E-state index in [0.29, 0.717) is 17.3 Å². The lowest BCUT2D eigenvalue weighted by atomic mass is 9.99. The van der Waals surface area contributed by atoms with Gasteiger partial charge in [-0.25, -0.2) is 4.98 Å². The van der Waals surface area contributed by atoms with Crippen LogP contribution in [0.5, 0.6) is 0 Å². The molecule has 1 aliphatic rings. The van der Waals surface area contributed by atoms with Crippen LogP contribution < -0.4 is 0 Å². The SMILES string of the molecule is O=C(O)C1CCCn2cc(-c3cccc(Cl)c3)nc21. The van der Waals surface area contributed by atoms with Crippen LogP contribution in [0.2, 0.25) is 5.02 Å². The normalized spacial score (nSPS) is 18.1. The minimum absolute atomic E-state index is 0.498. The van der Waals surface area contributed by atoms with Gasteiger partial charge in [0.15, 0.2) is 0 Å². The summed E-state index contributed by atoms with van der Waals surface area (Å²) in [6.45, 7) is 0.826. The van der Waals surface area contributed by atoms with Crippen LogP contribution >= 0.6 is 11.6 Å². The van der Waals surface area contributed by atoms with E-state index < -0.39 is 11.9 Å². The van der Waals surface area contributed by atoms with E-state index in [1.807, 2.05) is 29.0 Å². The zero-order chi connectivity index (χ0) is 13.4. The summed E-state index contributed by atoms with van der Waals surface area (Å²) in [5.41, 5.74) is 1.70. The summed E-state index contributed by atoms with van der Waals surface area (Å²) >= 11 is 5.97. The number of nitrogens with zero attached hydrogens (tertiary/aromatic N) is 2. The van der Waals surface area contributed by atoms with E-state index in [9.17, 15) is 9.90 Å². The molecule has 1 aliphatic heterocycles. The molecule has 0 aliphatic carbocycles. The van der Waals surface area contributed by atoms with Crippen LogP contribution in [0.1, 0.15) is 24.6 Å². The van der Waals surface area contributed by atoms with Crippen molar-refractivity contribution >= 4 is 17.6 Å². The van der Waals surface area contributed by atoms with E-state index in [1.165, 1.54) is 0 Å². The maximum atomic E-state index is 11.2. The molecule has 2 aromatic rings. The minimum Gasteiger partial charge on any atom is -0.481 e. The Morgan fingerprint density at radius 3 is 3.05 bits per heavy atom. The summed E-state index contributed by atoms with van der Waals surface area (Å²) in [6, 6.07) is 7.44. The van der Waals surface area contributed by atoms with E-state index in [-0.39, 0.29) is 0 Å². The lowest BCUT2D eigenvalue weighted by molar-refractivity contribution is -0.139. The first-order valence-electron chi connectivity index (χ1n) is 6.21. The summed E-state index contributed by atoms with van der Waals surface area (Å²) in [7, 11) is 0. The van der Waals surface area contributed by atoms with Crippen molar-refractivity contribution in [2.75, 3.05) is 0 Å². The van der Waals surface area contributed by atoms with Crippen molar-refractivity contribution in [2.24, 2.45) is 0 Å². The molecule has 5 heteroatoms. The number of hydrogen-bond donors (Lipinski definition) is 1. The molecule has 0 saturated carbocycles. The Morgan fingerprint density at radius 1 is 1.47 bits per heavy atom. The fourth-order valence-electron chi connectivity index (χ4n) is 2.50. The fraction of sp³-hybridized carbons (Fsp3) is 0.286. The Hall–Kier alpha value is -1.81. The van der Waals surface area contributed by atoms with Crippen LogP contribution in [0.25, 0.3) is 11.3 Å². The van der Waals surface area contributed by atoms with Crippen LogP contribution in [0, 0.1) is 0 Å². The summed E-state index contributed by atoms with van der Waals surface area (Å²) in [5, 5.41) is 9.89. The minimum atomic E-state index is -0.802. The second-order valence-electron chi connectivity index (χ2n) is 4.72. The lowest BCUT2D eigenvalue weighted by Gasteiger charge is -2.19. The van der Waals surface area contributed by atoms with Gasteiger partial charge in [0.2, 0.25) is 0 Å². The number of carbonyl (C=O) groups is 1. The van der Waals surface area contributed by atoms with Gasteiger partial charge < -0.3 is 9.67 Å². The number of halogens is 1. The smallest absolute Gasteiger partial charge is 0.314 e. The van der Waals surface area contributed by atoms with Gasteiger partial charge in [-0.05, 0) is 25.0 Å². The van der Waals surface area contributed by atoms with Crippen molar-refractivity contribution < 1.29 is 9.90 Å². The van der Waals surface area contributed by atoms with E-state index in [2.05, 4.69) is 4.98 Å². The fourth-order valence-corrected chi connectivity index (χ4v) is 2.69. The highest BCUT2D eigenvalue weighted by atomic mass is 35.5. The Bertz CT molecular complexity index is 636. The number of benzene rings is 1. The first-order chi connectivity index (χ1) is 9.15. The lowest BCUT2D eigenvalue weighted by Crippen LogP contribution is -2.21. The predicted molar refractivity (Wildman–Crippen MR) is 72.3 cm³/mol. The van der Waals surface area contributed by atoms with Gasteiger partial charge in [-0.3, -0.25) is 4.79 Å². The maximum absolute atomic E-state index is 11.2. The van der Waals surface area contributed by atoms with Crippen LogP contribution in [-0.2, 0) is 11.3 Å². The van der Waals surface area contributed by atoms with Gasteiger partial charge in [0, 0.05) is 23.3 Å². The van der Waals surface area contributed by atoms with Gasteiger partial charge >= 0.3 is 5.97 Å². The van der Waals surface area contributed by atoms with Gasteiger partial charge in [-0.2, -0.15) is 0 Å². The number of aliphatic carboxylic acids is 1. The zero-order valence-corrected chi connectivity index (χ0v) is 11.0. The van der Waals surface area contributed by atoms with Crippen LogP contribution in [0.4, 0.5) is 0 Å². The monoisotopic (exact) mass is 276 g/mol. The molecule has 1 aromatic heterocycles. The molecule has 0 spiro atoms. The molecule has 0 radical (unpaired) electrons. The average molecular weight is 277 g/mol. The molecule has 1 unspecified atom stereocenters. The highest BCUT2D eigenvalue weighted by Gasteiger charge is 2.28. The third-order valence-electron chi connectivity index (χ3n) is 3.43. The average Bonchev–Trinajstić information content (AvgIpc) is 2.82. The number of hydrogen-bond acceptors (Lipinski definition) is 2. The van der Waals surface area contributed by atoms with E-state index in [1.54, 1.807) is 6.07 Å². The maximum Gasteiger partial charge on any atom is 0.314 e. The molecule has 0 saturated heterocycles. The molecule has 2 heterocycles. The third kappa shape index (κ3) is 2.24. The molecule has 4 nitrogen and oxygen atoms in total. The van der Waals surface area contributed by atoms with Crippen LogP contribution in [0.15, 0.2) is 30.5 Å². The van der Waals surface area contributed by atoms with Crippen molar-refractivity contribution in [1.29, 1.82) is 0 Å². The summed E-state index contributed by atoms with van der Waals surface area (Å²) in [6.07, 6.45) is 3.44. The molecule has 1 N–H and O–H groups in total. The van der Waals surface area contributed by atoms with Crippen molar-refractivity contribution in [2.45, 2.75) is 25.3 Å². The molecule has 0 fully saturated rings. The van der Waals surface area contributed by atoms with Crippen LogP contribution in [0.3, 0.4) is 0 Å². The first-order valence-corrected chi connectivity index (χ1v) is 6.59. The van der Waals surface area contributed by atoms with E-state index in [4.69, 9.17) is 11.6 Å². The number of carboxylic acids is 1. The van der Waals surface area contributed by atoms with Crippen molar-refractivity contribution in [3.63, 3.8) is 0 Å². The third-order valence-corrected chi connectivity index (χ3v) is 3.66. The van der Waals surface area contributed by atoms with E-state index in [0.717, 1.165) is 24.2 Å². The molecule has 98 valence electrons. The molecular formula is C14H13ClN2O2. The van der Waals surface area contributed by atoms with Crippen LogP contribution in [-0.4, -0.2) is 20.6 Å². The molecule has 0 amide bonds. The summed E-state index contributed by atoms with van der Waals surface area (Å²) < 4.78 is 1.94. The Balaban J connectivity index is 2.04. The molecule has 0 bridgehead atoms. The first kappa shape index (κ1) is 12.2. The van der Waals surface area contributed by atoms with Gasteiger partial charge in [0.05, 0.1) is 5.69 Å². The number of carboxylic acid groups (broad SMARTS) is 1. The van der Waals surface area contributed by atoms with Gasteiger partial charge in [0.25, 0.3) is 0 Å². The number of imidazole rings is 1. The zero-order valence-electron chi connectivity index (χ0n) is 10.2. The van der Waals surface area contributed by atoms with Crippen molar-refractivity contribution in [1.82, 2.24) is 9.55 Å². The number of aromatic nitrogens is 2. The number of fused-ring (bicyclic) bond motifs is 1. The van der Waals surface area contributed by atoms with Gasteiger partial charge in [-0.1, -0.05) is 23.7 Å². The second-order valence-corrected chi connectivity index (χ2v) is 5.16. The quantitative estimate of drug-likeness (QED) is 0.917. The molecule has 1 atom stereocenters. The Kier molecular flexibility index (Phi) is 3.03. The van der Waals surface area contributed by atoms with E-state index >= 15 is 0 Å². The number of rotatable bonds is 2. The summed E-state index contributed by atoms with van der Waals surface area (Å²) in [5.74, 6) is -0.653. The predicted octanol–water partition coefficient (Wildman–Crippen LogP) is 3.17. The summed E-state index contributed by atoms with van der Waals surface area (Å²) in [4.78, 5) is 15.7. The van der Waals surface area contributed by atoms with Gasteiger partial charge in [0.1, 0.15) is 11.7 Å². The second kappa shape index (κ2) is 4.70. The van der Waals surface area contributed by atoms with Crippen molar-refractivity contribution in [3.05, 3.63) is 41.3 Å². The molecule has 19 heavy (non-hydrogen) atoms. The highest BCUT2D eigenvalue weighted by Crippen LogP contribution is 2.30. The highest BCUT2D eigenvalue weighted by molar-refractivity contribution is 6.30. The van der Waals surface area contributed by atoms with Crippen molar-refractivity contribution in [3.8, 4) is 11.3 Å². The number of aryl methyl sites for hydroxylation is 1. The Labute approximate surface area is 115 Å². The largest absolute Gasteiger partial charge is 0.481 e. The standard InChI is InChI=1S/C14H13ClN2O2/c15-10-4-1-3-9(7-10)12-8-17-6-2-5-11(14(18)19)13(17)16-12/h1,3-4,7-8,11H,2,5-6H2,(H,18,19). The molecule has 1 aromatic carbocycles. The molecule has 3 rings (SSSR count). The molecular weight excluding hydrogens is 264 g/mol.